The van der Waals surface area contributed by atoms with E-state index in [1.165, 1.54) is 31.5 Å². The fraction of sp³-hybridized carbons (Fsp3) is 0.286. The third kappa shape index (κ3) is 4.92. The Kier molecular flexibility index (Phi) is 8.16. The fourth-order valence-corrected chi connectivity index (χ4v) is 2.25. The second-order valence-electron chi connectivity index (χ2n) is 4.44. The number of hydrogen-bond acceptors (Lipinski definition) is 9. The van der Waals surface area contributed by atoms with Gasteiger partial charge in [0.2, 0.25) is 5.95 Å². The van der Waals surface area contributed by atoms with Crippen LogP contribution in [0.2, 0.25) is 0 Å². The second-order valence-corrected chi connectivity index (χ2v) is 5.24. The first-order valence-electron chi connectivity index (χ1n) is 7.28. The Morgan fingerprint density at radius 1 is 0.963 bits per heavy atom. The topological polar surface area (TPSA) is 187 Å². The quantitative estimate of drug-likeness (QED) is 0.205. The van der Waals surface area contributed by atoms with Crippen LogP contribution < -0.4 is 22.2 Å². The molecule has 0 aromatic carbocycles. The monoisotopic (exact) mass is 394 g/mol. The lowest BCUT2D eigenvalue weighted by Crippen LogP contribution is -2.11. The van der Waals surface area contributed by atoms with E-state index in [0.717, 1.165) is 0 Å². The summed E-state index contributed by atoms with van der Waals surface area (Å²) in [5.41, 5.74) is 5.80. The minimum Gasteiger partial charge on any atom is -0.359 e. The SMILES string of the molecule is C.CN.CNc1nc2nc[nH]c2c(=O)[nH]1.CSc1nc2nc[nH]c2c(=O)[nH]1. The van der Waals surface area contributed by atoms with Crippen molar-refractivity contribution in [2.75, 3.05) is 25.7 Å². The lowest BCUT2D eigenvalue weighted by atomic mass is 10.5. The molecule has 0 aliphatic heterocycles. The van der Waals surface area contributed by atoms with Gasteiger partial charge < -0.3 is 21.0 Å². The third-order valence-corrected chi connectivity index (χ3v) is 3.58. The molecule has 4 aromatic rings. The summed E-state index contributed by atoms with van der Waals surface area (Å²) in [5.74, 6) is 0.416. The van der Waals surface area contributed by atoms with E-state index >= 15 is 0 Å². The minimum absolute atomic E-state index is 0. The molecule has 4 rings (SSSR count). The van der Waals surface area contributed by atoms with E-state index in [0.29, 0.717) is 33.4 Å². The van der Waals surface area contributed by atoms with Crippen LogP contribution in [-0.2, 0) is 0 Å². The van der Waals surface area contributed by atoms with Crippen LogP contribution in [0.5, 0.6) is 0 Å². The number of imidazole rings is 2. The number of thioether (sulfide) groups is 1. The van der Waals surface area contributed by atoms with Crippen molar-refractivity contribution in [3.8, 4) is 0 Å². The zero-order valence-electron chi connectivity index (χ0n) is 14.2. The first-order chi connectivity index (χ1) is 12.6. The zero-order valence-corrected chi connectivity index (χ0v) is 15.1. The smallest absolute Gasteiger partial charge is 0.278 e. The van der Waals surface area contributed by atoms with Gasteiger partial charge in [-0.2, -0.15) is 4.98 Å². The van der Waals surface area contributed by atoms with Crippen LogP contribution in [-0.4, -0.2) is 60.2 Å². The summed E-state index contributed by atoms with van der Waals surface area (Å²) < 4.78 is 0. The van der Waals surface area contributed by atoms with Crippen LogP contribution in [0.3, 0.4) is 0 Å². The van der Waals surface area contributed by atoms with E-state index in [4.69, 9.17) is 0 Å². The lowest BCUT2D eigenvalue weighted by Gasteiger charge is -1.95. The molecule has 0 radical (unpaired) electrons. The van der Waals surface area contributed by atoms with Gasteiger partial charge in [-0.05, 0) is 13.3 Å². The van der Waals surface area contributed by atoms with Crippen LogP contribution in [0, 0.1) is 0 Å². The average molecular weight is 394 g/mol. The number of nitrogens with two attached hydrogens (primary N) is 1. The Hall–Kier alpha value is -3.19. The predicted octanol–water partition coefficient (Wildman–Crippen LogP) is 0.267. The van der Waals surface area contributed by atoms with Crippen molar-refractivity contribution in [3.63, 3.8) is 0 Å². The fourth-order valence-electron chi connectivity index (χ4n) is 1.88. The first kappa shape index (κ1) is 21.9. The molecule has 0 aliphatic rings. The molecule has 0 amide bonds. The Labute approximate surface area is 157 Å². The number of rotatable bonds is 2. The lowest BCUT2D eigenvalue weighted by molar-refractivity contribution is 0.968. The summed E-state index contributed by atoms with van der Waals surface area (Å²) in [6.07, 6.45) is 4.74. The molecule has 27 heavy (non-hydrogen) atoms. The van der Waals surface area contributed by atoms with Crippen LogP contribution in [0.4, 0.5) is 5.95 Å². The average Bonchev–Trinajstić information content (AvgIpc) is 3.33. The first-order valence-corrected chi connectivity index (χ1v) is 8.51. The van der Waals surface area contributed by atoms with Gasteiger partial charge in [-0.25, -0.2) is 15.0 Å². The van der Waals surface area contributed by atoms with Crippen molar-refractivity contribution in [1.82, 2.24) is 39.9 Å². The Bertz CT molecular complexity index is 1010. The zero-order chi connectivity index (χ0) is 19.1. The maximum Gasteiger partial charge on any atom is 0.278 e. The summed E-state index contributed by atoms with van der Waals surface area (Å²) in [6, 6.07) is 0. The van der Waals surface area contributed by atoms with E-state index in [1.807, 2.05) is 6.26 Å². The molecule has 0 atom stereocenters. The Morgan fingerprint density at radius 3 is 2.00 bits per heavy atom. The van der Waals surface area contributed by atoms with Gasteiger partial charge in [0.15, 0.2) is 27.5 Å². The van der Waals surface area contributed by atoms with Crippen molar-refractivity contribution in [3.05, 3.63) is 33.4 Å². The van der Waals surface area contributed by atoms with Crippen molar-refractivity contribution in [1.29, 1.82) is 0 Å². The van der Waals surface area contributed by atoms with Crippen molar-refractivity contribution in [2.24, 2.45) is 5.73 Å². The number of hydrogen-bond donors (Lipinski definition) is 6. The molecule has 0 unspecified atom stereocenters. The molecular weight excluding hydrogens is 372 g/mol. The summed E-state index contributed by atoms with van der Waals surface area (Å²) in [6.45, 7) is 0. The van der Waals surface area contributed by atoms with Gasteiger partial charge in [0.05, 0.1) is 12.7 Å². The Morgan fingerprint density at radius 2 is 1.48 bits per heavy atom. The highest BCUT2D eigenvalue weighted by atomic mass is 32.2. The molecule has 0 spiro atoms. The molecule has 0 saturated heterocycles. The molecule has 0 aliphatic carbocycles. The van der Waals surface area contributed by atoms with E-state index < -0.39 is 0 Å². The van der Waals surface area contributed by atoms with Gasteiger partial charge in [0.1, 0.15) is 0 Å². The molecule has 12 nitrogen and oxygen atoms in total. The normalized spacial score (nSPS) is 9.63. The third-order valence-electron chi connectivity index (χ3n) is 3.00. The molecule has 146 valence electrons. The Balaban J connectivity index is 0.000000239. The van der Waals surface area contributed by atoms with Crippen LogP contribution >= 0.6 is 11.8 Å². The maximum absolute atomic E-state index is 11.2. The molecule has 7 N–H and O–H groups in total. The highest BCUT2D eigenvalue weighted by molar-refractivity contribution is 7.98. The largest absolute Gasteiger partial charge is 0.359 e. The van der Waals surface area contributed by atoms with Crippen LogP contribution in [0.25, 0.3) is 22.3 Å². The van der Waals surface area contributed by atoms with Crippen molar-refractivity contribution >= 4 is 40.0 Å². The summed E-state index contributed by atoms with van der Waals surface area (Å²) in [7, 11) is 3.18. The number of anilines is 1. The molecule has 4 aromatic heterocycles. The van der Waals surface area contributed by atoms with Gasteiger partial charge >= 0.3 is 0 Å². The number of nitrogens with zero attached hydrogens (tertiary/aromatic N) is 4. The molecule has 0 fully saturated rings. The van der Waals surface area contributed by atoms with Gasteiger partial charge in [-0.1, -0.05) is 19.2 Å². The molecular formula is C14H22N10O2S. The molecule has 13 heteroatoms. The van der Waals surface area contributed by atoms with Gasteiger partial charge in [-0.15, -0.1) is 0 Å². The van der Waals surface area contributed by atoms with E-state index in [9.17, 15) is 9.59 Å². The predicted molar refractivity (Wildman–Crippen MR) is 107 cm³/mol. The number of aromatic amines is 4. The summed E-state index contributed by atoms with van der Waals surface area (Å²) >= 11 is 1.38. The van der Waals surface area contributed by atoms with E-state index in [-0.39, 0.29) is 18.5 Å². The summed E-state index contributed by atoms with van der Waals surface area (Å²) in [5, 5.41) is 3.31. The van der Waals surface area contributed by atoms with Gasteiger partial charge in [0.25, 0.3) is 11.1 Å². The number of fused-ring (bicyclic) bond motifs is 2. The van der Waals surface area contributed by atoms with Crippen molar-refractivity contribution in [2.45, 2.75) is 12.6 Å². The van der Waals surface area contributed by atoms with Gasteiger partial charge in [0, 0.05) is 7.05 Å². The standard InChI is InChI=1S/C6H7N5O.C6H6N4OS.CH5N.CH4/c1-7-6-10-4-3(5(12)11-6)8-2-9-4;1-12-6-9-4-3(5(11)10-6)7-2-8-4;1-2;/h2H,1H3,(H3,7,8,9,10,11,12);2H,1H3,(H2,7,8,9,10,11);2H2,1H3;1H4. The molecule has 0 saturated carbocycles. The van der Waals surface area contributed by atoms with Crippen LogP contribution in [0.15, 0.2) is 27.4 Å². The highest BCUT2D eigenvalue weighted by Gasteiger charge is 2.04. The minimum atomic E-state index is -0.221. The number of H-pyrrole nitrogens is 4. The van der Waals surface area contributed by atoms with Crippen LogP contribution in [0.1, 0.15) is 7.43 Å². The number of nitrogens with one attached hydrogen (secondary N) is 5. The van der Waals surface area contributed by atoms with Crippen molar-refractivity contribution < 1.29 is 0 Å². The second kappa shape index (κ2) is 10.1. The highest BCUT2D eigenvalue weighted by Crippen LogP contribution is 2.07. The molecule has 0 bridgehead atoms. The summed E-state index contributed by atoms with van der Waals surface area (Å²) in [4.78, 5) is 48.8. The van der Waals surface area contributed by atoms with Gasteiger partial charge in [-0.3, -0.25) is 19.6 Å². The maximum atomic E-state index is 11.2. The van der Waals surface area contributed by atoms with E-state index in [1.54, 1.807) is 7.05 Å². The number of aromatic nitrogens is 8. The van der Waals surface area contributed by atoms with E-state index in [2.05, 4.69) is 50.9 Å². The molecule has 4 heterocycles.